The average Bonchev–Trinajstić information content (AvgIpc) is 3.03. The lowest BCUT2D eigenvalue weighted by molar-refractivity contribution is -0.128. The number of fused-ring (bicyclic) bond motifs is 5. The van der Waals surface area contributed by atoms with Gasteiger partial charge in [0, 0.05) is 19.1 Å². The number of nitrogens with zero attached hydrogens (tertiary/aromatic N) is 2. The van der Waals surface area contributed by atoms with E-state index in [0.29, 0.717) is 23.4 Å². The molecule has 2 N–H and O–H groups in total. The highest BCUT2D eigenvalue weighted by atomic mass is 16.3. The average molecular weight is 388 g/mol. The Balaban J connectivity index is 1.45. The van der Waals surface area contributed by atoms with Crippen LogP contribution in [0.25, 0.3) is 0 Å². The summed E-state index contributed by atoms with van der Waals surface area (Å²) in [5.41, 5.74) is 0.942. The standard InChI is InChI=1S/C24H41N3O/c1-23-10-8-18(28)16-17(23)4-5-19-20-6-7-22(24(20,2)11-9-21(19)23)27(3)15-14-26-13-12-25/h17-22,26,28H,4-11,13-16H2,1-3H3/t17-,18-,19-,20-,21-,22-,23-,24-/m0/s1. The predicted molar refractivity (Wildman–Crippen MR) is 113 cm³/mol. The summed E-state index contributed by atoms with van der Waals surface area (Å²) in [6, 6.07) is 2.87. The summed E-state index contributed by atoms with van der Waals surface area (Å²) in [5.74, 6) is 3.44. The highest BCUT2D eigenvalue weighted by Gasteiger charge is 2.60. The molecule has 0 saturated heterocycles. The highest BCUT2D eigenvalue weighted by molar-refractivity contribution is 5.11. The van der Waals surface area contributed by atoms with Gasteiger partial charge in [0.05, 0.1) is 18.7 Å². The number of likely N-dealkylation sites (N-methyl/N-ethyl adjacent to an activating group) is 1. The molecule has 4 rings (SSSR count). The Labute approximate surface area is 172 Å². The third-order valence-electron chi connectivity index (χ3n) is 9.97. The number of hydrogen-bond acceptors (Lipinski definition) is 4. The lowest BCUT2D eigenvalue weighted by Crippen LogP contribution is -2.56. The first-order valence-electron chi connectivity index (χ1n) is 11.9. The van der Waals surface area contributed by atoms with Crippen LogP contribution in [0.15, 0.2) is 0 Å². The maximum atomic E-state index is 10.2. The van der Waals surface area contributed by atoms with E-state index in [1.165, 1.54) is 44.9 Å². The van der Waals surface area contributed by atoms with Crippen LogP contribution < -0.4 is 5.32 Å². The van der Waals surface area contributed by atoms with Gasteiger partial charge in [-0.25, -0.2) is 0 Å². The van der Waals surface area contributed by atoms with Crippen molar-refractivity contribution in [3.05, 3.63) is 0 Å². The van der Waals surface area contributed by atoms with Crippen LogP contribution in [0.5, 0.6) is 0 Å². The predicted octanol–water partition coefficient (Wildman–Crippen LogP) is 3.80. The monoisotopic (exact) mass is 387 g/mol. The van der Waals surface area contributed by atoms with Gasteiger partial charge in [-0.1, -0.05) is 13.8 Å². The van der Waals surface area contributed by atoms with Gasteiger partial charge in [0.25, 0.3) is 0 Å². The number of aliphatic hydroxyl groups excluding tert-OH is 1. The molecule has 0 spiro atoms. The Kier molecular flexibility index (Phi) is 5.82. The molecule has 4 aliphatic rings. The molecule has 0 unspecified atom stereocenters. The van der Waals surface area contributed by atoms with E-state index in [2.05, 4.69) is 37.2 Å². The van der Waals surface area contributed by atoms with Crippen LogP contribution in [-0.2, 0) is 0 Å². The number of rotatable bonds is 5. The molecule has 0 aromatic rings. The first-order chi connectivity index (χ1) is 13.4. The van der Waals surface area contributed by atoms with Crippen LogP contribution in [0.4, 0.5) is 0 Å². The minimum atomic E-state index is -0.0392. The molecule has 0 bridgehead atoms. The van der Waals surface area contributed by atoms with Crippen molar-refractivity contribution >= 4 is 0 Å². The molecule has 4 nitrogen and oxygen atoms in total. The third-order valence-corrected chi connectivity index (χ3v) is 9.97. The van der Waals surface area contributed by atoms with Crippen molar-refractivity contribution in [2.75, 3.05) is 26.7 Å². The molecule has 4 aliphatic carbocycles. The molecular weight excluding hydrogens is 346 g/mol. The zero-order valence-corrected chi connectivity index (χ0v) is 18.3. The van der Waals surface area contributed by atoms with Gasteiger partial charge in [0.1, 0.15) is 0 Å². The van der Waals surface area contributed by atoms with Gasteiger partial charge in [-0.15, -0.1) is 0 Å². The van der Waals surface area contributed by atoms with Crippen molar-refractivity contribution in [1.82, 2.24) is 10.2 Å². The van der Waals surface area contributed by atoms with E-state index in [1.807, 2.05) is 0 Å². The summed E-state index contributed by atoms with van der Waals surface area (Å²) in [6.45, 7) is 7.60. The topological polar surface area (TPSA) is 59.3 Å². The fourth-order valence-electron chi connectivity index (χ4n) is 8.49. The second kappa shape index (κ2) is 7.89. The van der Waals surface area contributed by atoms with Crippen molar-refractivity contribution in [3.63, 3.8) is 0 Å². The maximum Gasteiger partial charge on any atom is 0.0841 e. The molecule has 8 atom stereocenters. The van der Waals surface area contributed by atoms with Gasteiger partial charge in [0.15, 0.2) is 0 Å². The van der Waals surface area contributed by atoms with Crippen molar-refractivity contribution in [2.24, 2.45) is 34.5 Å². The summed E-state index contributed by atoms with van der Waals surface area (Å²) >= 11 is 0. The van der Waals surface area contributed by atoms with Crippen LogP contribution >= 0.6 is 0 Å². The molecule has 0 amide bonds. The summed E-state index contributed by atoms with van der Waals surface area (Å²) < 4.78 is 0. The number of nitriles is 1. The Morgan fingerprint density at radius 1 is 1.04 bits per heavy atom. The Hall–Kier alpha value is -0.630. The van der Waals surface area contributed by atoms with Crippen LogP contribution in [0.1, 0.15) is 71.6 Å². The fourth-order valence-corrected chi connectivity index (χ4v) is 8.49. The Morgan fingerprint density at radius 2 is 1.79 bits per heavy atom. The van der Waals surface area contributed by atoms with Gasteiger partial charge in [0.2, 0.25) is 0 Å². The van der Waals surface area contributed by atoms with Gasteiger partial charge in [-0.3, -0.25) is 0 Å². The van der Waals surface area contributed by atoms with E-state index in [4.69, 9.17) is 5.26 Å². The lowest BCUT2D eigenvalue weighted by Gasteiger charge is -2.61. The molecular formula is C24H41N3O. The normalized spacial score (nSPS) is 47.9. The SMILES string of the molecule is CN(CCNCC#N)[C@H]1CC[C@H]2[C@@H]3CC[C@H]4C[C@@H](O)CC[C@]4(C)[C@H]3CC[C@]12C. The summed E-state index contributed by atoms with van der Waals surface area (Å²) in [4.78, 5) is 2.59. The Bertz CT molecular complexity index is 603. The van der Waals surface area contributed by atoms with Crippen LogP contribution in [0.3, 0.4) is 0 Å². The number of nitrogens with one attached hydrogen (secondary N) is 1. The third kappa shape index (κ3) is 3.32. The smallest absolute Gasteiger partial charge is 0.0841 e. The van der Waals surface area contributed by atoms with Crippen LogP contribution in [0, 0.1) is 45.8 Å². The quantitative estimate of drug-likeness (QED) is 0.556. The largest absolute Gasteiger partial charge is 0.393 e. The minimum absolute atomic E-state index is 0.0392. The van der Waals surface area contributed by atoms with Crippen LogP contribution in [0.2, 0.25) is 0 Å². The lowest BCUT2D eigenvalue weighted by atomic mass is 9.45. The molecule has 4 fully saturated rings. The van der Waals surface area contributed by atoms with E-state index in [1.54, 1.807) is 0 Å². The van der Waals surface area contributed by atoms with E-state index in [-0.39, 0.29) is 6.10 Å². The molecule has 4 heteroatoms. The number of aliphatic hydroxyl groups is 1. The molecule has 0 aromatic carbocycles. The van der Waals surface area contributed by atoms with Crippen molar-refractivity contribution in [1.29, 1.82) is 5.26 Å². The second-order valence-electron chi connectivity index (χ2n) is 11.0. The van der Waals surface area contributed by atoms with Gasteiger partial charge in [-0.05, 0) is 99.3 Å². The molecule has 0 heterocycles. The summed E-state index contributed by atoms with van der Waals surface area (Å²) in [7, 11) is 2.30. The molecule has 0 aliphatic heterocycles. The second-order valence-corrected chi connectivity index (χ2v) is 11.0. The van der Waals surface area contributed by atoms with Crippen molar-refractivity contribution in [3.8, 4) is 6.07 Å². The highest BCUT2D eigenvalue weighted by Crippen LogP contribution is 2.66. The van der Waals surface area contributed by atoms with Gasteiger partial charge < -0.3 is 15.3 Å². The number of hydrogen-bond donors (Lipinski definition) is 2. The van der Waals surface area contributed by atoms with E-state index >= 15 is 0 Å². The zero-order valence-electron chi connectivity index (χ0n) is 18.3. The van der Waals surface area contributed by atoms with Crippen molar-refractivity contribution in [2.45, 2.75) is 83.8 Å². The van der Waals surface area contributed by atoms with E-state index in [0.717, 1.165) is 49.6 Å². The summed E-state index contributed by atoms with van der Waals surface area (Å²) in [6.07, 6.45) is 11.6. The van der Waals surface area contributed by atoms with E-state index < -0.39 is 0 Å². The van der Waals surface area contributed by atoms with Crippen LogP contribution in [-0.4, -0.2) is 48.8 Å². The zero-order chi connectivity index (χ0) is 19.9. The van der Waals surface area contributed by atoms with E-state index in [9.17, 15) is 5.11 Å². The fraction of sp³-hybridized carbons (Fsp3) is 0.958. The molecule has 158 valence electrons. The minimum Gasteiger partial charge on any atom is -0.393 e. The first-order valence-corrected chi connectivity index (χ1v) is 11.9. The molecule has 0 aromatic heterocycles. The maximum absolute atomic E-state index is 10.2. The van der Waals surface area contributed by atoms with Crippen molar-refractivity contribution < 1.29 is 5.11 Å². The first kappa shape index (κ1) is 20.6. The molecule has 28 heavy (non-hydrogen) atoms. The Morgan fingerprint density at radius 3 is 2.57 bits per heavy atom. The summed E-state index contributed by atoms with van der Waals surface area (Å²) in [5, 5.41) is 22.2. The molecule has 4 saturated carbocycles. The van der Waals surface area contributed by atoms with Gasteiger partial charge in [-0.2, -0.15) is 5.26 Å². The molecule has 0 radical (unpaired) electrons. The van der Waals surface area contributed by atoms with Gasteiger partial charge >= 0.3 is 0 Å².